The number of rotatable bonds is 6. The number of hydrogen-bond acceptors (Lipinski definition) is 4. The van der Waals surface area contributed by atoms with Gasteiger partial charge in [-0.3, -0.25) is 4.79 Å². The Bertz CT molecular complexity index is 442. The van der Waals surface area contributed by atoms with Crippen molar-refractivity contribution < 1.29 is 4.74 Å². The van der Waals surface area contributed by atoms with E-state index in [1.54, 1.807) is 6.92 Å². The maximum atomic E-state index is 11.9. The molecule has 5 nitrogen and oxygen atoms in total. The van der Waals surface area contributed by atoms with Crippen LogP contribution in [0, 0.1) is 13.8 Å². The van der Waals surface area contributed by atoms with Crippen LogP contribution >= 0.6 is 0 Å². The molecule has 2 N–H and O–H groups in total. The normalized spacial score (nSPS) is 14.5. The molecule has 0 saturated heterocycles. The molecule has 102 valence electrons. The number of H-pyrrole nitrogens is 1. The highest BCUT2D eigenvalue weighted by Gasteiger charge is 2.16. The number of nitrogens with zero attached hydrogens (tertiary/aromatic N) is 1. The molecule has 0 radical (unpaired) electrons. The number of aryl methyl sites for hydroxylation is 2. The molecular formula is C13H23N3O2. The van der Waals surface area contributed by atoms with Crippen molar-refractivity contribution in [2.24, 2.45) is 0 Å². The summed E-state index contributed by atoms with van der Waals surface area (Å²) in [5, 5.41) is 3.35. The number of ether oxygens (including phenoxy) is 1. The lowest BCUT2D eigenvalue weighted by Crippen LogP contribution is -2.36. The summed E-state index contributed by atoms with van der Waals surface area (Å²) >= 11 is 0. The lowest BCUT2D eigenvalue weighted by atomic mass is 10.1. The molecule has 0 bridgehead atoms. The zero-order valence-corrected chi connectivity index (χ0v) is 11.8. The average Bonchev–Trinajstić information content (AvgIpc) is 2.24. The van der Waals surface area contributed by atoms with Crippen molar-refractivity contribution in [1.29, 1.82) is 0 Å². The van der Waals surface area contributed by atoms with Crippen molar-refractivity contribution in [2.45, 2.75) is 46.7 Å². The highest BCUT2D eigenvalue weighted by Crippen LogP contribution is 2.11. The van der Waals surface area contributed by atoms with E-state index in [1.807, 2.05) is 27.7 Å². The monoisotopic (exact) mass is 253 g/mol. The molecule has 0 fully saturated rings. The van der Waals surface area contributed by atoms with E-state index in [0.717, 1.165) is 5.69 Å². The van der Waals surface area contributed by atoms with Gasteiger partial charge in [0.05, 0.1) is 12.2 Å². The molecular weight excluding hydrogens is 230 g/mol. The van der Waals surface area contributed by atoms with Crippen LogP contribution in [0.15, 0.2) is 4.79 Å². The SMILES string of the molecule is CCOCC(C)NC(C)c1c(C)nc(C)[nH]c1=O. The van der Waals surface area contributed by atoms with Crippen LogP contribution in [0.25, 0.3) is 0 Å². The van der Waals surface area contributed by atoms with Crippen LogP contribution in [0.1, 0.15) is 43.9 Å². The number of aromatic amines is 1. The Kier molecular flexibility index (Phi) is 5.50. The summed E-state index contributed by atoms with van der Waals surface area (Å²) in [4.78, 5) is 19.0. The van der Waals surface area contributed by atoms with Gasteiger partial charge in [0.1, 0.15) is 5.82 Å². The van der Waals surface area contributed by atoms with Gasteiger partial charge < -0.3 is 15.0 Å². The highest BCUT2D eigenvalue weighted by atomic mass is 16.5. The van der Waals surface area contributed by atoms with E-state index >= 15 is 0 Å². The third-order valence-corrected chi connectivity index (χ3v) is 2.80. The van der Waals surface area contributed by atoms with Gasteiger partial charge in [0.15, 0.2) is 0 Å². The van der Waals surface area contributed by atoms with E-state index in [0.29, 0.717) is 24.6 Å². The molecule has 0 amide bonds. The first-order chi connectivity index (χ1) is 8.45. The van der Waals surface area contributed by atoms with E-state index < -0.39 is 0 Å². The van der Waals surface area contributed by atoms with Gasteiger partial charge in [0.25, 0.3) is 5.56 Å². The average molecular weight is 253 g/mol. The fourth-order valence-electron chi connectivity index (χ4n) is 2.10. The molecule has 0 aliphatic carbocycles. The molecule has 0 aliphatic heterocycles. The maximum Gasteiger partial charge on any atom is 0.255 e. The van der Waals surface area contributed by atoms with Gasteiger partial charge in [-0.1, -0.05) is 0 Å². The summed E-state index contributed by atoms with van der Waals surface area (Å²) in [5.74, 6) is 0.649. The van der Waals surface area contributed by atoms with Crippen molar-refractivity contribution in [3.05, 3.63) is 27.4 Å². The molecule has 0 aliphatic rings. The van der Waals surface area contributed by atoms with Gasteiger partial charge in [-0.2, -0.15) is 0 Å². The summed E-state index contributed by atoms with van der Waals surface area (Å²) in [7, 11) is 0. The Morgan fingerprint density at radius 3 is 2.61 bits per heavy atom. The Hall–Kier alpha value is -1.20. The van der Waals surface area contributed by atoms with Crippen LogP contribution in [0.5, 0.6) is 0 Å². The minimum absolute atomic E-state index is 0.0442. The van der Waals surface area contributed by atoms with Crippen LogP contribution < -0.4 is 10.9 Å². The van der Waals surface area contributed by atoms with E-state index in [-0.39, 0.29) is 17.6 Å². The molecule has 1 aromatic rings. The van der Waals surface area contributed by atoms with Crippen molar-refractivity contribution in [3.63, 3.8) is 0 Å². The summed E-state index contributed by atoms with van der Waals surface area (Å²) in [6.45, 7) is 11.0. The topological polar surface area (TPSA) is 67.0 Å². The fraction of sp³-hybridized carbons (Fsp3) is 0.692. The first kappa shape index (κ1) is 14.9. The molecule has 5 heteroatoms. The number of nitrogens with one attached hydrogen (secondary N) is 2. The van der Waals surface area contributed by atoms with Crippen LogP contribution in [-0.2, 0) is 4.74 Å². The zero-order chi connectivity index (χ0) is 13.7. The predicted octanol–water partition coefficient (Wildman–Crippen LogP) is 1.46. The smallest absolute Gasteiger partial charge is 0.255 e. The van der Waals surface area contributed by atoms with Crippen molar-refractivity contribution in [2.75, 3.05) is 13.2 Å². The standard InChI is InChI=1S/C13H23N3O2/c1-6-18-7-8(2)14-9(3)12-10(4)15-11(5)16-13(12)17/h8-9,14H,6-7H2,1-5H3,(H,15,16,17). The van der Waals surface area contributed by atoms with Crippen LogP contribution in [0.3, 0.4) is 0 Å². The van der Waals surface area contributed by atoms with Gasteiger partial charge >= 0.3 is 0 Å². The minimum atomic E-state index is -0.0661. The summed E-state index contributed by atoms with van der Waals surface area (Å²) in [6, 6.07) is 0.150. The maximum absolute atomic E-state index is 11.9. The Morgan fingerprint density at radius 1 is 1.39 bits per heavy atom. The first-order valence-electron chi connectivity index (χ1n) is 6.36. The van der Waals surface area contributed by atoms with Gasteiger partial charge in [0, 0.05) is 24.4 Å². The van der Waals surface area contributed by atoms with Crippen LogP contribution in [0.2, 0.25) is 0 Å². The predicted molar refractivity (Wildman–Crippen MR) is 71.8 cm³/mol. The Morgan fingerprint density at radius 2 is 2.06 bits per heavy atom. The van der Waals surface area contributed by atoms with Crippen molar-refractivity contribution >= 4 is 0 Å². The van der Waals surface area contributed by atoms with Gasteiger partial charge in [0.2, 0.25) is 0 Å². The van der Waals surface area contributed by atoms with Crippen molar-refractivity contribution in [1.82, 2.24) is 15.3 Å². The van der Waals surface area contributed by atoms with Crippen molar-refractivity contribution in [3.8, 4) is 0 Å². The molecule has 0 aromatic carbocycles. The molecule has 18 heavy (non-hydrogen) atoms. The Balaban J connectivity index is 2.78. The third-order valence-electron chi connectivity index (χ3n) is 2.80. The number of aromatic nitrogens is 2. The molecule has 0 saturated carbocycles. The van der Waals surface area contributed by atoms with Crippen LogP contribution in [0.4, 0.5) is 0 Å². The summed E-state index contributed by atoms with van der Waals surface area (Å²) < 4.78 is 5.35. The summed E-state index contributed by atoms with van der Waals surface area (Å²) in [6.07, 6.45) is 0. The zero-order valence-electron chi connectivity index (χ0n) is 11.8. The fourth-order valence-corrected chi connectivity index (χ4v) is 2.10. The summed E-state index contributed by atoms with van der Waals surface area (Å²) in [5.41, 5.74) is 1.41. The lowest BCUT2D eigenvalue weighted by molar-refractivity contribution is 0.124. The lowest BCUT2D eigenvalue weighted by Gasteiger charge is -2.20. The third kappa shape index (κ3) is 3.92. The first-order valence-corrected chi connectivity index (χ1v) is 6.36. The molecule has 0 spiro atoms. The van der Waals surface area contributed by atoms with E-state index in [9.17, 15) is 4.79 Å². The van der Waals surface area contributed by atoms with E-state index in [2.05, 4.69) is 15.3 Å². The highest BCUT2D eigenvalue weighted by molar-refractivity contribution is 5.20. The van der Waals surface area contributed by atoms with Gasteiger partial charge in [-0.25, -0.2) is 4.98 Å². The van der Waals surface area contributed by atoms with E-state index in [1.165, 1.54) is 0 Å². The molecule has 2 atom stereocenters. The molecule has 1 rings (SSSR count). The second-order valence-electron chi connectivity index (χ2n) is 4.60. The van der Waals surface area contributed by atoms with E-state index in [4.69, 9.17) is 4.74 Å². The Labute approximate surface area is 108 Å². The molecule has 1 heterocycles. The molecule has 1 aromatic heterocycles. The van der Waals surface area contributed by atoms with Crippen LogP contribution in [-0.4, -0.2) is 29.2 Å². The largest absolute Gasteiger partial charge is 0.380 e. The van der Waals surface area contributed by atoms with Gasteiger partial charge in [-0.15, -0.1) is 0 Å². The van der Waals surface area contributed by atoms with Gasteiger partial charge in [-0.05, 0) is 34.6 Å². The number of hydrogen-bond donors (Lipinski definition) is 2. The minimum Gasteiger partial charge on any atom is -0.380 e. The second kappa shape index (κ2) is 6.66. The quantitative estimate of drug-likeness (QED) is 0.805. The second-order valence-corrected chi connectivity index (χ2v) is 4.60. The molecule has 2 unspecified atom stereocenters.